The van der Waals surface area contributed by atoms with E-state index in [1.807, 2.05) is 18.2 Å². The molecule has 0 fully saturated rings. The minimum atomic E-state index is 0.156. The first kappa shape index (κ1) is 11.9. The van der Waals surface area contributed by atoms with E-state index in [2.05, 4.69) is 61.3 Å². The van der Waals surface area contributed by atoms with Crippen molar-refractivity contribution in [3.8, 4) is 0 Å². The summed E-state index contributed by atoms with van der Waals surface area (Å²) in [5, 5.41) is 4.02. The Morgan fingerprint density at radius 2 is 2.36 bits per heavy atom. The highest BCUT2D eigenvalue weighted by atomic mass is 127. The van der Waals surface area contributed by atoms with Gasteiger partial charge < -0.3 is 5.73 Å². The molecule has 0 spiro atoms. The number of nitrogens with zero attached hydrogens (tertiary/aromatic N) is 1. The van der Waals surface area contributed by atoms with E-state index >= 15 is 0 Å². The fraction of sp³-hybridized carbons (Fsp3) is 0. The Morgan fingerprint density at radius 1 is 1.64 bits per heavy atom. The summed E-state index contributed by atoms with van der Waals surface area (Å²) in [7, 11) is 0. The number of hydrazone groups is 1. The zero-order valence-corrected chi connectivity index (χ0v) is 11.6. The van der Waals surface area contributed by atoms with Crippen LogP contribution in [0.5, 0.6) is 0 Å². The molecule has 14 heavy (non-hydrogen) atoms. The first-order chi connectivity index (χ1) is 6.61. The molecule has 0 bridgehead atoms. The Labute approximate surface area is 109 Å². The van der Waals surface area contributed by atoms with E-state index in [0.29, 0.717) is 0 Å². The summed E-state index contributed by atoms with van der Waals surface area (Å²) in [6.07, 6.45) is 1.66. The van der Waals surface area contributed by atoms with Crippen LogP contribution in [0, 0.1) is 3.57 Å². The van der Waals surface area contributed by atoms with Gasteiger partial charge in [-0.1, -0.05) is 12.1 Å². The molecular weight excluding hydrogens is 377 g/mol. The summed E-state index contributed by atoms with van der Waals surface area (Å²) in [4.78, 5) is 0. The van der Waals surface area contributed by atoms with Gasteiger partial charge in [-0.15, -0.1) is 0 Å². The molecule has 0 radical (unpaired) electrons. The Balaban J connectivity index is 2.81. The van der Waals surface area contributed by atoms with Crippen molar-refractivity contribution in [2.45, 2.75) is 0 Å². The SMILES string of the molecule is NC(=S)NN=Cc1cccc(I)c1Br. The maximum Gasteiger partial charge on any atom is 0.184 e. The second-order valence-corrected chi connectivity index (χ2v) is 4.77. The van der Waals surface area contributed by atoms with Gasteiger partial charge in [-0.3, -0.25) is 5.43 Å². The molecule has 0 heterocycles. The van der Waals surface area contributed by atoms with E-state index in [-0.39, 0.29) is 5.11 Å². The topological polar surface area (TPSA) is 50.4 Å². The van der Waals surface area contributed by atoms with Gasteiger partial charge in [0.25, 0.3) is 0 Å². The standard InChI is InChI=1S/C8H7BrIN3S/c9-7-5(2-1-3-6(7)10)4-12-13-8(11)14/h1-4H,(H3,11,13,14). The summed E-state index contributed by atoms with van der Waals surface area (Å²) in [6, 6.07) is 5.90. The number of halogens is 2. The number of benzene rings is 1. The van der Waals surface area contributed by atoms with Crippen LogP contribution in [0.2, 0.25) is 0 Å². The van der Waals surface area contributed by atoms with Gasteiger partial charge >= 0.3 is 0 Å². The van der Waals surface area contributed by atoms with Crippen molar-refractivity contribution in [3.05, 3.63) is 31.8 Å². The van der Waals surface area contributed by atoms with E-state index < -0.39 is 0 Å². The lowest BCUT2D eigenvalue weighted by atomic mass is 10.2. The molecule has 0 aliphatic heterocycles. The third-order valence-corrected chi connectivity index (χ3v) is 3.98. The smallest absolute Gasteiger partial charge is 0.184 e. The molecule has 1 aromatic carbocycles. The number of hydrogen-bond donors (Lipinski definition) is 2. The first-order valence-corrected chi connectivity index (χ1v) is 5.92. The van der Waals surface area contributed by atoms with Gasteiger partial charge in [0.05, 0.1) is 6.21 Å². The van der Waals surface area contributed by atoms with Crippen LogP contribution in [-0.2, 0) is 0 Å². The van der Waals surface area contributed by atoms with Crippen molar-refractivity contribution in [3.63, 3.8) is 0 Å². The highest BCUT2D eigenvalue weighted by molar-refractivity contribution is 14.1. The van der Waals surface area contributed by atoms with Crippen molar-refractivity contribution in [1.29, 1.82) is 0 Å². The van der Waals surface area contributed by atoms with Crippen LogP contribution in [0.3, 0.4) is 0 Å². The number of nitrogens with two attached hydrogens (primary N) is 1. The average Bonchev–Trinajstić information content (AvgIpc) is 2.12. The molecule has 1 rings (SSSR count). The number of hydrogen-bond acceptors (Lipinski definition) is 2. The highest BCUT2D eigenvalue weighted by Gasteiger charge is 1.99. The molecule has 0 aromatic heterocycles. The monoisotopic (exact) mass is 383 g/mol. The Hall–Kier alpha value is -0.210. The van der Waals surface area contributed by atoms with Gasteiger partial charge in [0.15, 0.2) is 5.11 Å². The number of rotatable bonds is 2. The average molecular weight is 384 g/mol. The van der Waals surface area contributed by atoms with Crippen molar-refractivity contribution < 1.29 is 0 Å². The first-order valence-electron chi connectivity index (χ1n) is 3.64. The van der Waals surface area contributed by atoms with Gasteiger partial charge in [-0.05, 0) is 56.8 Å². The molecule has 0 saturated carbocycles. The summed E-state index contributed by atoms with van der Waals surface area (Å²) in [6.45, 7) is 0. The molecule has 0 aliphatic carbocycles. The van der Waals surface area contributed by atoms with Crippen LogP contribution in [0.25, 0.3) is 0 Å². The highest BCUT2D eigenvalue weighted by Crippen LogP contribution is 2.21. The van der Waals surface area contributed by atoms with Crippen molar-refractivity contribution in [2.24, 2.45) is 10.8 Å². The molecule has 0 amide bonds. The minimum Gasteiger partial charge on any atom is -0.375 e. The van der Waals surface area contributed by atoms with E-state index in [9.17, 15) is 0 Å². The number of thiocarbonyl (C=S) groups is 1. The predicted octanol–water partition coefficient (Wildman–Crippen LogP) is 2.22. The van der Waals surface area contributed by atoms with Crippen LogP contribution in [0.1, 0.15) is 5.56 Å². The Kier molecular flexibility index (Phi) is 4.76. The second kappa shape index (κ2) is 5.62. The molecule has 0 unspecified atom stereocenters. The van der Waals surface area contributed by atoms with E-state index in [1.165, 1.54) is 0 Å². The normalized spacial score (nSPS) is 10.4. The van der Waals surface area contributed by atoms with Crippen molar-refractivity contribution in [1.82, 2.24) is 5.43 Å². The lowest BCUT2D eigenvalue weighted by molar-refractivity contribution is 1.04. The molecule has 6 heteroatoms. The Bertz CT molecular complexity index is 381. The fourth-order valence-electron chi connectivity index (χ4n) is 0.786. The maximum atomic E-state index is 5.22. The molecule has 74 valence electrons. The maximum absolute atomic E-state index is 5.22. The molecule has 1 aromatic rings. The molecule has 0 aliphatic rings. The van der Waals surface area contributed by atoms with E-state index in [1.54, 1.807) is 6.21 Å². The minimum absolute atomic E-state index is 0.156. The van der Waals surface area contributed by atoms with E-state index in [0.717, 1.165) is 13.6 Å². The van der Waals surface area contributed by atoms with Crippen LogP contribution >= 0.6 is 50.7 Å². The van der Waals surface area contributed by atoms with Crippen LogP contribution in [0.4, 0.5) is 0 Å². The van der Waals surface area contributed by atoms with Crippen LogP contribution in [-0.4, -0.2) is 11.3 Å². The van der Waals surface area contributed by atoms with Crippen molar-refractivity contribution >= 4 is 62.1 Å². The summed E-state index contributed by atoms with van der Waals surface area (Å²) < 4.78 is 2.14. The van der Waals surface area contributed by atoms with Gasteiger partial charge in [0.2, 0.25) is 0 Å². The molecule has 3 nitrogen and oxygen atoms in total. The van der Waals surface area contributed by atoms with Gasteiger partial charge in [-0.2, -0.15) is 5.10 Å². The van der Waals surface area contributed by atoms with Gasteiger partial charge in [0, 0.05) is 13.6 Å². The van der Waals surface area contributed by atoms with Gasteiger partial charge in [-0.25, -0.2) is 0 Å². The van der Waals surface area contributed by atoms with Crippen molar-refractivity contribution in [2.75, 3.05) is 0 Å². The third kappa shape index (κ3) is 3.50. The van der Waals surface area contributed by atoms with Gasteiger partial charge in [0.1, 0.15) is 0 Å². The summed E-state index contributed by atoms with van der Waals surface area (Å²) in [5.41, 5.74) is 8.69. The summed E-state index contributed by atoms with van der Waals surface area (Å²) >= 11 is 10.3. The lowest BCUT2D eigenvalue weighted by Gasteiger charge is -2.00. The fourth-order valence-corrected chi connectivity index (χ4v) is 1.72. The molecule has 3 N–H and O–H groups in total. The lowest BCUT2D eigenvalue weighted by Crippen LogP contribution is -2.24. The zero-order chi connectivity index (χ0) is 10.6. The number of nitrogens with one attached hydrogen (secondary N) is 1. The quantitative estimate of drug-likeness (QED) is 0.356. The molecule has 0 saturated heterocycles. The molecule has 0 atom stereocenters. The van der Waals surface area contributed by atoms with Crippen LogP contribution in [0.15, 0.2) is 27.8 Å². The van der Waals surface area contributed by atoms with E-state index in [4.69, 9.17) is 5.73 Å². The predicted molar refractivity (Wildman–Crippen MR) is 74.4 cm³/mol. The summed E-state index contributed by atoms with van der Waals surface area (Å²) in [5.74, 6) is 0. The zero-order valence-electron chi connectivity index (χ0n) is 7.00. The largest absolute Gasteiger partial charge is 0.375 e. The third-order valence-electron chi connectivity index (χ3n) is 1.36. The molecular formula is C8H7BrIN3S. The second-order valence-electron chi connectivity index (χ2n) is 2.38. The Morgan fingerprint density at radius 3 is 3.00 bits per heavy atom. The van der Waals surface area contributed by atoms with Crippen LogP contribution < -0.4 is 11.2 Å².